The molecule has 0 aliphatic rings. The van der Waals surface area contributed by atoms with E-state index in [-0.39, 0.29) is 10.8 Å². The normalized spacial score (nSPS) is 12.3. The molecule has 27 heavy (non-hydrogen) atoms. The van der Waals surface area contributed by atoms with E-state index in [4.69, 9.17) is 14.3 Å². The first-order valence-corrected chi connectivity index (χ1v) is 8.76. The summed E-state index contributed by atoms with van der Waals surface area (Å²) in [5, 5.41) is 16.6. The van der Waals surface area contributed by atoms with Crippen molar-refractivity contribution in [3.05, 3.63) is 11.1 Å². The number of oxime groups is 1. The summed E-state index contributed by atoms with van der Waals surface area (Å²) in [6.45, 7) is 9.62. The Morgan fingerprint density at radius 2 is 1.74 bits per heavy atom. The maximum atomic E-state index is 11.7. The van der Waals surface area contributed by atoms with E-state index in [0.29, 0.717) is 0 Å². The van der Waals surface area contributed by atoms with E-state index in [1.807, 2.05) is 0 Å². The van der Waals surface area contributed by atoms with E-state index in [2.05, 4.69) is 15.5 Å². The van der Waals surface area contributed by atoms with Gasteiger partial charge in [-0.1, -0.05) is 5.16 Å². The fourth-order valence-corrected chi connectivity index (χ4v) is 2.23. The molecule has 0 unspecified atom stereocenters. The second-order valence-corrected chi connectivity index (χ2v) is 8.13. The van der Waals surface area contributed by atoms with Crippen LogP contribution in [0.3, 0.4) is 0 Å². The minimum absolute atomic E-state index is 0.0391. The van der Waals surface area contributed by atoms with Crippen molar-refractivity contribution in [2.45, 2.75) is 52.7 Å². The van der Waals surface area contributed by atoms with Gasteiger partial charge in [0.2, 0.25) is 12.3 Å². The van der Waals surface area contributed by atoms with Crippen LogP contribution in [-0.4, -0.2) is 51.6 Å². The van der Waals surface area contributed by atoms with Crippen molar-refractivity contribution in [3.63, 3.8) is 0 Å². The summed E-state index contributed by atoms with van der Waals surface area (Å²) < 4.78 is 10.1. The second kappa shape index (κ2) is 8.80. The van der Waals surface area contributed by atoms with Gasteiger partial charge in [-0.3, -0.25) is 5.32 Å². The fourth-order valence-electron chi connectivity index (χ4n) is 1.55. The third-order valence-electron chi connectivity index (χ3n) is 2.32. The van der Waals surface area contributed by atoms with E-state index < -0.39 is 41.6 Å². The predicted molar refractivity (Wildman–Crippen MR) is 97.9 cm³/mol. The monoisotopic (exact) mass is 401 g/mol. The molecule has 1 rings (SSSR count). The highest BCUT2D eigenvalue weighted by Crippen LogP contribution is 2.18. The van der Waals surface area contributed by atoms with Crippen LogP contribution < -0.4 is 5.32 Å². The Kier molecular flexibility index (Phi) is 7.28. The van der Waals surface area contributed by atoms with Gasteiger partial charge in [-0.15, -0.1) is 11.3 Å². The molecule has 11 heteroatoms. The maximum absolute atomic E-state index is 11.7. The lowest BCUT2D eigenvalue weighted by molar-refractivity contribution is -0.160. The Morgan fingerprint density at radius 1 is 1.15 bits per heavy atom. The van der Waals surface area contributed by atoms with Gasteiger partial charge >= 0.3 is 18.0 Å². The molecule has 1 aromatic heterocycles. The van der Waals surface area contributed by atoms with Gasteiger partial charge in [0.15, 0.2) is 5.13 Å². The van der Waals surface area contributed by atoms with Crippen molar-refractivity contribution in [3.8, 4) is 0 Å². The third-order valence-corrected chi connectivity index (χ3v) is 3.07. The molecule has 0 aliphatic heterocycles. The summed E-state index contributed by atoms with van der Waals surface area (Å²) >= 11 is 0.983. The number of anilines is 1. The van der Waals surface area contributed by atoms with Crippen molar-refractivity contribution in [2.75, 3.05) is 11.9 Å². The largest absolute Gasteiger partial charge is 0.476 e. The first-order valence-electron chi connectivity index (χ1n) is 7.88. The van der Waals surface area contributed by atoms with E-state index in [0.717, 1.165) is 11.3 Å². The zero-order valence-electron chi connectivity index (χ0n) is 16.0. The third kappa shape index (κ3) is 8.99. The van der Waals surface area contributed by atoms with Gasteiger partial charge in [0.05, 0.1) is 0 Å². The molecule has 150 valence electrons. The molecule has 0 saturated carbocycles. The topological polar surface area (TPSA) is 136 Å². The highest BCUT2D eigenvalue weighted by Gasteiger charge is 2.21. The van der Waals surface area contributed by atoms with Gasteiger partial charge in [-0.25, -0.2) is 19.4 Å². The number of hydrogen-bond acceptors (Lipinski definition) is 9. The average Bonchev–Trinajstić information content (AvgIpc) is 2.86. The predicted octanol–water partition coefficient (Wildman–Crippen LogP) is 2.64. The Balaban J connectivity index is 2.76. The van der Waals surface area contributed by atoms with Crippen LogP contribution in [0.25, 0.3) is 0 Å². The summed E-state index contributed by atoms with van der Waals surface area (Å²) in [6.07, 6.45) is -0.724. The molecule has 0 atom stereocenters. The number of aliphatic carboxylic acids is 1. The molecule has 0 aromatic carbocycles. The van der Waals surface area contributed by atoms with Gasteiger partial charge < -0.3 is 19.4 Å². The molecular formula is C16H23N3O7S. The number of thiazole rings is 1. The SMILES string of the molecule is CC(C)(C)OC(=O)CO/N=C(\C(=O)O)c1csc(NC(=O)OC(C)(C)C)n1. The number of carboxylic acids is 1. The van der Waals surface area contributed by atoms with Crippen LogP contribution in [0.15, 0.2) is 10.5 Å². The molecule has 0 spiro atoms. The number of aromatic nitrogens is 1. The first kappa shape index (κ1) is 22.4. The molecule has 0 bridgehead atoms. The van der Waals surface area contributed by atoms with Crippen LogP contribution in [0.2, 0.25) is 0 Å². The molecule has 0 fully saturated rings. The Bertz CT molecular complexity index is 729. The average molecular weight is 401 g/mol. The van der Waals surface area contributed by atoms with Crippen LogP contribution in [0.1, 0.15) is 47.2 Å². The summed E-state index contributed by atoms with van der Waals surface area (Å²) in [4.78, 5) is 43.3. The van der Waals surface area contributed by atoms with E-state index in [1.54, 1.807) is 41.5 Å². The zero-order chi connectivity index (χ0) is 20.8. The number of ether oxygens (including phenoxy) is 2. The van der Waals surface area contributed by atoms with Crippen LogP contribution >= 0.6 is 11.3 Å². The number of rotatable bonds is 6. The van der Waals surface area contributed by atoms with Crippen LogP contribution in [0.5, 0.6) is 0 Å². The Labute approximate surface area is 160 Å². The van der Waals surface area contributed by atoms with Crippen molar-refractivity contribution in [1.29, 1.82) is 0 Å². The second-order valence-electron chi connectivity index (χ2n) is 7.27. The number of amides is 1. The number of nitrogens with zero attached hydrogens (tertiary/aromatic N) is 2. The van der Waals surface area contributed by atoms with Crippen molar-refractivity contribution < 1.29 is 33.8 Å². The molecule has 0 radical (unpaired) electrons. The highest BCUT2D eigenvalue weighted by molar-refractivity contribution is 7.14. The van der Waals surface area contributed by atoms with E-state index >= 15 is 0 Å². The van der Waals surface area contributed by atoms with Crippen molar-refractivity contribution in [2.24, 2.45) is 5.16 Å². The van der Waals surface area contributed by atoms with Crippen LogP contribution in [-0.2, 0) is 23.9 Å². The molecule has 10 nitrogen and oxygen atoms in total. The summed E-state index contributed by atoms with van der Waals surface area (Å²) in [5.74, 6) is -2.10. The van der Waals surface area contributed by atoms with Gasteiger partial charge in [0, 0.05) is 5.38 Å². The number of esters is 1. The Hall–Kier alpha value is -2.69. The lowest BCUT2D eigenvalue weighted by Gasteiger charge is -2.18. The first-order chi connectivity index (χ1) is 12.3. The molecule has 1 heterocycles. The standard InChI is InChI=1S/C16H23N3O7S/c1-15(2,3)25-10(20)7-24-19-11(12(21)22)9-8-27-13(17-9)18-14(23)26-16(4,5)6/h8H,7H2,1-6H3,(H,21,22)(H,17,18,23)/b19-11-. The van der Waals surface area contributed by atoms with Gasteiger partial charge in [-0.05, 0) is 41.5 Å². The lowest BCUT2D eigenvalue weighted by Crippen LogP contribution is -2.27. The smallest absolute Gasteiger partial charge is 0.413 e. The summed E-state index contributed by atoms with van der Waals surface area (Å²) in [6, 6.07) is 0. The molecule has 2 N–H and O–H groups in total. The molecule has 1 aromatic rings. The number of nitrogens with one attached hydrogen (secondary N) is 1. The number of hydrogen-bond donors (Lipinski definition) is 2. The quantitative estimate of drug-likeness (QED) is 0.422. The molecule has 1 amide bonds. The van der Waals surface area contributed by atoms with Gasteiger partial charge in [0.25, 0.3) is 0 Å². The van der Waals surface area contributed by atoms with Gasteiger partial charge in [-0.2, -0.15) is 0 Å². The lowest BCUT2D eigenvalue weighted by atomic mass is 10.2. The summed E-state index contributed by atoms with van der Waals surface area (Å²) in [7, 11) is 0. The molecule has 0 aliphatic carbocycles. The number of carbonyl (C=O) groups is 3. The minimum atomic E-state index is -1.41. The molecule has 0 saturated heterocycles. The Morgan fingerprint density at radius 3 is 2.26 bits per heavy atom. The number of carbonyl (C=O) groups excluding carboxylic acids is 2. The maximum Gasteiger partial charge on any atom is 0.413 e. The summed E-state index contributed by atoms with van der Waals surface area (Å²) in [5.41, 5.74) is -1.95. The van der Waals surface area contributed by atoms with Gasteiger partial charge in [0.1, 0.15) is 16.9 Å². The van der Waals surface area contributed by atoms with E-state index in [1.165, 1.54) is 5.38 Å². The van der Waals surface area contributed by atoms with Crippen LogP contribution in [0.4, 0.5) is 9.93 Å². The van der Waals surface area contributed by atoms with Crippen molar-refractivity contribution in [1.82, 2.24) is 4.98 Å². The highest BCUT2D eigenvalue weighted by atomic mass is 32.1. The van der Waals surface area contributed by atoms with E-state index in [9.17, 15) is 19.5 Å². The minimum Gasteiger partial charge on any atom is -0.476 e. The van der Waals surface area contributed by atoms with Crippen molar-refractivity contribution >= 4 is 40.2 Å². The number of carboxylic acid groups (broad SMARTS) is 1. The fraction of sp³-hybridized carbons (Fsp3) is 0.562. The molecular weight excluding hydrogens is 378 g/mol. The zero-order valence-corrected chi connectivity index (χ0v) is 16.8. The van der Waals surface area contributed by atoms with Crippen LogP contribution in [0, 0.1) is 0 Å².